The van der Waals surface area contributed by atoms with Crippen LogP contribution >= 0.6 is 0 Å². The van der Waals surface area contributed by atoms with E-state index in [1.54, 1.807) is 0 Å². The summed E-state index contributed by atoms with van der Waals surface area (Å²) in [4.78, 5) is 0. The van der Waals surface area contributed by atoms with Crippen molar-refractivity contribution >= 4 is 0 Å². The van der Waals surface area contributed by atoms with Gasteiger partial charge in [-0.25, -0.2) is 0 Å². The molecule has 3 aliphatic rings. The summed E-state index contributed by atoms with van der Waals surface area (Å²) in [5, 5.41) is 14.3. The number of hydrogen-bond acceptors (Lipinski definition) is 4. The Morgan fingerprint density at radius 1 is 1.30 bits per heavy atom. The largest absolute Gasteiger partial charge is 0.386 e. The highest BCUT2D eigenvalue weighted by molar-refractivity contribution is 5.10. The van der Waals surface area contributed by atoms with E-state index in [1.807, 2.05) is 6.92 Å². The third-order valence-corrected chi connectivity index (χ3v) is 6.00. The first kappa shape index (κ1) is 14.8. The topological polar surface area (TPSA) is 50.7 Å². The maximum atomic E-state index is 10.6. The number of hydrogen-bond donors (Lipinski definition) is 2. The van der Waals surface area contributed by atoms with Gasteiger partial charge in [0.15, 0.2) is 0 Å². The van der Waals surface area contributed by atoms with E-state index in [-0.39, 0.29) is 6.10 Å². The highest BCUT2D eigenvalue weighted by Gasteiger charge is 2.57. The van der Waals surface area contributed by atoms with Crippen LogP contribution in [0.2, 0.25) is 0 Å². The third-order valence-electron chi connectivity index (χ3n) is 6.00. The van der Waals surface area contributed by atoms with Gasteiger partial charge in [0.05, 0.1) is 12.2 Å². The molecule has 4 atom stereocenters. The van der Waals surface area contributed by atoms with Crippen LogP contribution in [-0.2, 0) is 9.47 Å². The van der Waals surface area contributed by atoms with Gasteiger partial charge in [-0.3, -0.25) is 0 Å². The van der Waals surface area contributed by atoms with Gasteiger partial charge in [0.25, 0.3) is 0 Å². The highest BCUT2D eigenvalue weighted by atomic mass is 16.5. The lowest BCUT2D eigenvalue weighted by Crippen LogP contribution is -2.64. The Hall–Kier alpha value is -0.160. The van der Waals surface area contributed by atoms with Gasteiger partial charge in [-0.05, 0) is 33.1 Å². The van der Waals surface area contributed by atoms with E-state index < -0.39 is 5.60 Å². The van der Waals surface area contributed by atoms with Crippen LogP contribution in [0.15, 0.2) is 0 Å². The molecule has 2 N–H and O–H groups in total. The molecule has 3 rings (SSSR count). The highest BCUT2D eigenvalue weighted by Crippen LogP contribution is 2.54. The molecule has 3 fully saturated rings. The summed E-state index contributed by atoms with van der Waals surface area (Å²) in [5.41, 5.74) is -0.342. The summed E-state index contributed by atoms with van der Waals surface area (Å²) in [5.74, 6) is 0. The quantitative estimate of drug-likeness (QED) is 0.808. The summed E-state index contributed by atoms with van der Waals surface area (Å²) in [6, 6.07) is 0.512. The lowest BCUT2D eigenvalue weighted by atomic mass is 9.60. The minimum atomic E-state index is -0.684. The van der Waals surface area contributed by atoms with Gasteiger partial charge in [-0.15, -0.1) is 0 Å². The summed E-state index contributed by atoms with van der Waals surface area (Å²) >= 11 is 0. The first-order chi connectivity index (χ1) is 9.61. The summed E-state index contributed by atoms with van der Waals surface area (Å²) < 4.78 is 11.5. The van der Waals surface area contributed by atoms with E-state index in [4.69, 9.17) is 9.47 Å². The Morgan fingerprint density at radius 3 is 2.65 bits per heavy atom. The van der Waals surface area contributed by atoms with Crippen LogP contribution in [0.1, 0.15) is 52.4 Å². The summed E-state index contributed by atoms with van der Waals surface area (Å²) in [6.07, 6.45) is 7.42. The lowest BCUT2D eigenvalue weighted by Gasteiger charge is -2.55. The van der Waals surface area contributed by atoms with Gasteiger partial charge in [0.2, 0.25) is 0 Å². The van der Waals surface area contributed by atoms with E-state index in [9.17, 15) is 5.11 Å². The molecule has 2 saturated carbocycles. The molecule has 0 bridgehead atoms. The maximum Gasteiger partial charge on any atom is 0.105 e. The number of rotatable bonds is 5. The van der Waals surface area contributed by atoms with E-state index in [0.717, 1.165) is 19.4 Å². The smallest absolute Gasteiger partial charge is 0.105 e. The Bertz CT molecular complexity index is 343. The van der Waals surface area contributed by atoms with Crippen molar-refractivity contribution < 1.29 is 14.6 Å². The predicted octanol–water partition coefficient (Wildman–Crippen LogP) is 1.85. The van der Waals surface area contributed by atoms with Crippen molar-refractivity contribution in [3.8, 4) is 0 Å². The van der Waals surface area contributed by atoms with Crippen molar-refractivity contribution in [3.05, 3.63) is 0 Å². The van der Waals surface area contributed by atoms with E-state index in [2.05, 4.69) is 12.2 Å². The van der Waals surface area contributed by atoms with Gasteiger partial charge in [0, 0.05) is 37.6 Å². The molecular formula is C16H29NO3. The molecule has 116 valence electrons. The summed E-state index contributed by atoms with van der Waals surface area (Å²) in [6.45, 7) is 6.21. The van der Waals surface area contributed by atoms with Crippen molar-refractivity contribution in [2.45, 2.75) is 76.2 Å². The molecule has 1 spiro atoms. The fraction of sp³-hybridized carbons (Fsp3) is 1.00. The fourth-order valence-corrected chi connectivity index (χ4v) is 4.48. The second-order valence-corrected chi connectivity index (χ2v) is 6.92. The average molecular weight is 283 g/mol. The van der Waals surface area contributed by atoms with Crippen LogP contribution in [0, 0.1) is 5.41 Å². The second kappa shape index (κ2) is 5.56. The molecule has 0 amide bonds. The zero-order chi connectivity index (χ0) is 14.2. The molecule has 0 aromatic heterocycles. The Balaban J connectivity index is 1.58. The Labute approximate surface area is 122 Å². The van der Waals surface area contributed by atoms with Gasteiger partial charge in [-0.1, -0.05) is 12.8 Å². The predicted molar refractivity (Wildman–Crippen MR) is 77.7 cm³/mol. The van der Waals surface area contributed by atoms with Crippen LogP contribution in [0.5, 0.6) is 0 Å². The molecule has 0 radical (unpaired) electrons. The molecule has 4 heteroatoms. The minimum absolute atomic E-state index is 0.0581. The Kier molecular flexibility index (Phi) is 4.10. The van der Waals surface area contributed by atoms with Crippen LogP contribution in [0.3, 0.4) is 0 Å². The van der Waals surface area contributed by atoms with Gasteiger partial charge < -0.3 is 19.9 Å². The minimum Gasteiger partial charge on any atom is -0.386 e. The maximum absolute atomic E-state index is 10.6. The molecule has 1 saturated heterocycles. The van der Waals surface area contributed by atoms with Gasteiger partial charge >= 0.3 is 0 Å². The van der Waals surface area contributed by atoms with Crippen molar-refractivity contribution in [2.75, 3.05) is 19.8 Å². The second-order valence-electron chi connectivity index (χ2n) is 6.92. The first-order valence-corrected chi connectivity index (χ1v) is 8.30. The van der Waals surface area contributed by atoms with Gasteiger partial charge in [0.1, 0.15) is 5.60 Å². The number of nitrogens with one attached hydrogen (secondary N) is 1. The van der Waals surface area contributed by atoms with Crippen molar-refractivity contribution in [3.63, 3.8) is 0 Å². The van der Waals surface area contributed by atoms with E-state index in [1.165, 1.54) is 25.7 Å². The molecular weight excluding hydrogens is 254 g/mol. The SMILES string of the molecule is CCOC1CC(NCC2(O)CCOC2C)C12CCCC2. The van der Waals surface area contributed by atoms with Crippen LogP contribution < -0.4 is 5.32 Å². The number of ether oxygens (including phenoxy) is 2. The average Bonchev–Trinajstić information content (AvgIpc) is 3.04. The number of aliphatic hydroxyl groups is 1. The normalized spacial score (nSPS) is 43.0. The van der Waals surface area contributed by atoms with Crippen molar-refractivity contribution in [2.24, 2.45) is 5.41 Å². The van der Waals surface area contributed by atoms with E-state index in [0.29, 0.717) is 30.7 Å². The molecule has 4 nitrogen and oxygen atoms in total. The fourth-order valence-electron chi connectivity index (χ4n) is 4.48. The van der Waals surface area contributed by atoms with E-state index >= 15 is 0 Å². The molecule has 1 heterocycles. The summed E-state index contributed by atoms with van der Waals surface area (Å²) in [7, 11) is 0. The zero-order valence-corrected chi connectivity index (χ0v) is 12.9. The first-order valence-electron chi connectivity index (χ1n) is 8.30. The zero-order valence-electron chi connectivity index (χ0n) is 12.9. The molecule has 1 aliphatic heterocycles. The lowest BCUT2D eigenvalue weighted by molar-refractivity contribution is -0.135. The molecule has 4 unspecified atom stereocenters. The molecule has 2 aliphatic carbocycles. The van der Waals surface area contributed by atoms with Crippen LogP contribution in [0.25, 0.3) is 0 Å². The molecule has 0 aromatic rings. The molecule has 0 aromatic carbocycles. The standard InChI is InChI=1S/C16H29NO3/c1-3-19-14-10-13(15(14)6-4-5-7-15)17-11-16(18)8-9-20-12(16)2/h12-14,17-18H,3-11H2,1-2H3. The van der Waals surface area contributed by atoms with Crippen LogP contribution in [0.4, 0.5) is 0 Å². The van der Waals surface area contributed by atoms with Crippen molar-refractivity contribution in [1.82, 2.24) is 5.32 Å². The Morgan fingerprint density at radius 2 is 2.05 bits per heavy atom. The third kappa shape index (κ3) is 2.31. The monoisotopic (exact) mass is 283 g/mol. The van der Waals surface area contributed by atoms with Crippen molar-refractivity contribution in [1.29, 1.82) is 0 Å². The van der Waals surface area contributed by atoms with Gasteiger partial charge in [-0.2, -0.15) is 0 Å². The molecule has 20 heavy (non-hydrogen) atoms. The van der Waals surface area contributed by atoms with Crippen LogP contribution in [-0.4, -0.2) is 48.7 Å².